The fourth-order valence-electron chi connectivity index (χ4n) is 11.0. The first-order chi connectivity index (χ1) is 46.1. The van der Waals surface area contributed by atoms with Gasteiger partial charge in [-0.1, -0.05) is 360 Å². The maximum atomic E-state index is 13.0. The maximum Gasteiger partial charge on any atom is 0.306 e. The monoisotopic (exact) mass is 1310 g/mol. The van der Waals surface area contributed by atoms with Crippen LogP contribution in [-0.4, -0.2) is 82.3 Å². The Bertz CT molecular complexity index is 1960. The number of hydrogen-bond acceptors (Lipinski definition) is 8. The molecule has 0 spiro atoms. The number of carbonyl (C=O) groups is 3. The number of unbranched alkanes of at least 4 members (excludes halogenated alkanes) is 37. The van der Waals surface area contributed by atoms with E-state index in [2.05, 4.69) is 135 Å². The fourth-order valence-corrected chi connectivity index (χ4v) is 11.0. The summed E-state index contributed by atoms with van der Waals surface area (Å²) in [6.45, 7) is 4.66. The van der Waals surface area contributed by atoms with Crippen LogP contribution in [0.2, 0.25) is 0 Å². The van der Waals surface area contributed by atoms with E-state index in [4.69, 9.17) is 18.9 Å². The Morgan fingerprint density at radius 2 is 0.606 bits per heavy atom. The molecule has 0 saturated carbocycles. The van der Waals surface area contributed by atoms with Gasteiger partial charge in [0.05, 0.1) is 40.3 Å². The van der Waals surface area contributed by atoms with Crippen LogP contribution >= 0.6 is 0 Å². The molecule has 540 valence electrons. The van der Waals surface area contributed by atoms with E-state index in [0.717, 1.165) is 109 Å². The topological polar surface area (TPSA) is 111 Å². The average molecular weight is 1310 g/mol. The van der Waals surface area contributed by atoms with Crippen LogP contribution in [0.3, 0.4) is 0 Å². The summed E-state index contributed by atoms with van der Waals surface area (Å²) in [5.41, 5.74) is 0. The lowest BCUT2D eigenvalue weighted by Crippen LogP contribution is -2.44. The van der Waals surface area contributed by atoms with E-state index < -0.39 is 24.3 Å². The minimum Gasteiger partial charge on any atom is -0.545 e. The van der Waals surface area contributed by atoms with E-state index in [1.807, 2.05) is 21.1 Å². The molecule has 2 unspecified atom stereocenters. The van der Waals surface area contributed by atoms with E-state index in [1.54, 1.807) is 0 Å². The smallest absolute Gasteiger partial charge is 0.306 e. The molecule has 9 nitrogen and oxygen atoms in total. The van der Waals surface area contributed by atoms with E-state index >= 15 is 0 Å². The van der Waals surface area contributed by atoms with Crippen LogP contribution in [0.4, 0.5) is 0 Å². The van der Waals surface area contributed by atoms with Crippen molar-refractivity contribution in [2.24, 2.45) is 0 Å². The predicted molar refractivity (Wildman–Crippen MR) is 403 cm³/mol. The largest absolute Gasteiger partial charge is 0.545 e. The highest BCUT2D eigenvalue weighted by Gasteiger charge is 2.22. The van der Waals surface area contributed by atoms with Gasteiger partial charge in [0.15, 0.2) is 12.4 Å². The number of carbonyl (C=O) groups excluding carboxylic acids is 3. The van der Waals surface area contributed by atoms with Crippen molar-refractivity contribution >= 4 is 17.9 Å². The zero-order valence-electron chi connectivity index (χ0n) is 61.8. The van der Waals surface area contributed by atoms with Crippen LogP contribution in [0.1, 0.15) is 341 Å². The molecule has 0 bridgehead atoms. The molecule has 0 radical (unpaired) electrons. The van der Waals surface area contributed by atoms with Crippen molar-refractivity contribution in [1.29, 1.82) is 0 Å². The second-order valence-corrected chi connectivity index (χ2v) is 27.3. The molecule has 0 aromatic carbocycles. The Kier molecular flexibility index (Phi) is 71.1. The Balaban J connectivity index is 4.11. The maximum absolute atomic E-state index is 13.0. The standard InChI is InChI=1S/C85H147NO8/c1-6-8-10-12-14-16-18-20-22-24-26-28-30-32-34-36-38-39-40-41-42-43-44-45-46-48-50-52-54-56-58-60-62-64-66-68-70-72-74-76-83(88)94-81(80-93-85(84(89)90)91-78-77-86(3,4)5)79-92-82(87)75-73-71-69-67-65-63-61-59-57-55-53-51-49-47-37-35-33-31-29-27-25-23-21-19-17-15-13-11-9-7-2/h8,10,14,16,20,22,26,28,32,34,38-39,41-42,44-45,48,50,54,56,81,85H,6-7,9,11-13,15,17-19,21,23-25,27,29-31,33,35-37,40,43,46-47,49,51-53,55,57-80H2,1-5H3/b10-8-,16-14-,22-20-,28-26-,34-32-,39-38-,42-41-,45-44-,50-48-,56-54-. The van der Waals surface area contributed by atoms with Crippen LogP contribution in [0.5, 0.6) is 0 Å². The number of esters is 2. The number of nitrogens with zero attached hydrogens (tertiary/aromatic N) is 1. The lowest BCUT2D eigenvalue weighted by atomic mass is 10.0. The highest BCUT2D eigenvalue weighted by atomic mass is 16.7. The third-order valence-corrected chi connectivity index (χ3v) is 17.0. The van der Waals surface area contributed by atoms with Crippen molar-refractivity contribution in [3.8, 4) is 0 Å². The van der Waals surface area contributed by atoms with Gasteiger partial charge in [-0.05, 0) is 89.9 Å². The quantitative estimate of drug-likeness (QED) is 0.0195. The van der Waals surface area contributed by atoms with Crippen LogP contribution < -0.4 is 5.11 Å². The Hall–Kier alpha value is -4.31. The first kappa shape index (κ1) is 89.7. The van der Waals surface area contributed by atoms with Crippen molar-refractivity contribution < 1.29 is 42.9 Å². The molecule has 9 heteroatoms. The third-order valence-electron chi connectivity index (χ3n) is 17.0. The number of carboxylic acid groups (broad SMARTS) is 1. The Morgan fingerprint density at radius 3 is 0.904 bits per heavy atom. The first-order valence-electron chi connectivity index (χ1n) is 39.2. The van der Waals surface area contributed by atoms with Gasteiger partial charge in [0.2, 0.25) is 0 Å². The van der Waals surface area contributed by atoms with Crippen LogP contribution in [-0.2, 0) is 33.3 Å². The summed E-state index contributed by atoms with van der Waals surface area (Å²) in [5, 5.41) is 11.9. The summed E-state index contributed by atoms with van der Waals surface area (Å²) >= 11 is 0. The normalized spacial score (nSPS) is 13.3. The number of carboxylic acids is 1. The third kappa shape index (κ3) is 75.1. The number of allylic oxidation sites excluding steroid dienone is 20. The van der Waals surface area contributed by atoms with E-state index in [1.165, 1.54) is 199 Å². The van der Waals surface area contributed by atoms with Gasteiger partial charge >= 0.3 is 11.9 Å². The molecule has 0 aliphatic carbocycles. The highest BCUT2D eigenvalue weighted by Crippen LogP contribution is 2.18. The lowest BCUT2D eigenvalue weighted by Gasteiger charge is -2.26. The molecule has 0 N–H and O–H groups in total. The summed E-state index contributed by atoms with van der Waals surface area (Å²) in [5.74, 6) is -2.29. The van der Waals surface area contributed by atoms with Gasteiger partial charge in [-0.25, -0.2) is 0 Å². The van der Waals surface area contributed by atoms with Crippen molar-refractivity contribution in [2.75, 3.05) is 47.5 Å². The van der Waals surface area contributed by atoms with E-state index in [9.17, 15) is 19.5 Å². The summed E-state index contributed by atoms with van der Waals surface area (Å²) in [6.07, 6.45) is 103. The molecule has 0 aromatic heterocycles. The second kappa shape index (κ2) is 74.5. The van der Waals surface area contributed by atoms with Gasteiger partial charge in [0, 0.05) is 12.8 Å². The van der Waals surface area contributed by atoms with Crippen LogP contribution in [0.25, 0.3) is 0 Å². The molecular formula is C85H147NO8. The van der Waals surface area contributed by atoms with E-state index in [0.29, 0.717) is 17.4 Å². The zero-order valence-corrected chi connectivity index (χ0v) is 61.8. The minimum atomic E-state index is -1.63. The van der Waals surface area contributed by atoms with Crippen LogP contribution in [0.15, 0.2) is 122 Å². The zero-order chi connectivity index (χ0) is 68.2. The number of quaternary nitrogens is 1. The molecule has 0 heterocycles. The number of hydrogen-bond donors (Lipinski definition) is 0. The van der Waals surface area contributed by atoms with Gasteiger partial charge in [-0.3, -0.25) is 9.59 Å². The molecule has 0 aliphatic rings. The minimum absolute atomic E-state index is 0.142. The summed E-state index contributed by atoms with van der Waals surface area (Å²) in [4.78, 5) is 37.6. The van der Waals surface area contributed by atoms with Gasteiger partial charge in [0.1, 0.15) is 13.2 Å². The van der Waals surface area contributed by atoms with Crippen molar-refractivity contribution in [3.05, 3.63) is 122 Å². The first-order valence-corrected chi connectivity index (χ1v) is 39.2. The van der Waals surface area contributed by atoms with Gasteiger partial charge in [0.25, 0.3) is 0 Å². The van der Waals surface area contributed by atoms with Crippen molar-refractivity contribution in [2.45, 2.75) is 354 Å². The fraction of sp³-hybridized carbons (Fsp3) is 0.729. The molecule has 0 aromatic rings. The Labute approximate surface area is 580 Å². The number of ether oxygens (including phenoxy) is 4. The molecule has 0 rings (SSSR count). The summed E-state index contributed by atoms with van der Waals surface area (Å²) in [7, 11) is 5.93. The molecule has 94 heavy (non-hydrogen) atoms. The second-order valence-electron chi connectivity index (χ2n) is 27.3. The van der Waals surface area contributed by atoms with Gasteiger partial charge < -0.3 is 33.3 Å². The van der Waals surface area contributed by atoms with Crippen molar-refractivity contribution in [3.63, 3.8) is 0 Å². The molecular weight excluding hydrogens is 1160 g/mol. The predicted octanol–water partition coefficient (Wildman–Crippen LogP) is 23.8. The number of aliphatic carboxylic acids is 1. The molecule has 0 fully saturated rings. The molecule has 0 amide bonds. The summed E-state index contributed by atoms with van der Waals surface area (Å²) in [6, 6.07) is 0. The molecule has 2 atom stereocenters. The van der Waals surface area contributed by atoms with Gasteiger partial charge in [-0.15, -0.1) is 0 Å². The molecule has 0 aliphatic heterocycles. The molecule has 0 saturated heterocycles. The number of likely N-dealkylation sites (N-methyl/N-ethyl adjacent to an activating group) is 1. The van der Waals surface area contributed by atoms with E-state index in [-0.39, 0.29) is 38.6 Å². The summed E-state index contributed by atoms with van der Waals surface area (Å²) < 4.78 is 22.8. The van der Waals surface area contributed by atoms with Gasteiger partial charge in [-0.2, -0.15) is 0 Å². The highest BCUT2D eigenvalue weighted by molar-refractivity contribution is 5.70. The number of rotatable bonds is 72. The SMILES string of the molecule is CC/C=C\C/C=C\C/C=C\C/C=C\C/C=C\C/C=C\C/C=C\C/C=C\C/C=C\C/C=C\CCCCCCCCCCC(=O)OC(COC(=O)CCCCCCCCCCCCCCCCCCCCCCCCCCCCCCCC)COC(OCC[N+](C)(C)C)C(=O)[O-]. The Morgan fingerprint density at radius 1 is 0.330 bits per heavy atom. The average Bonchev–Trinajstić information content (AvgIpc) is 3.76. The lowest BCUT2D eigenvalue weighted by molar-refractivity contribution is -0.870. The van der Waals surface area contributed by atoms with Crippen LogP contribution in [0, 0.1) is 0 Å². The van der Waals surface area contributed by atoms with Crippen molar-refractivity contribution in [1.82, 2.24) is 0 Å².